The maximum atomic E-state index is 13.0. The van der Waals surface area contributed by atoms with Crippen LogP contribution >= 0.6 is 0 Å². The molecule has 0 bridgehead atoms. The highest BCUT2D eigenvalue weighted by Gasteiger charge is 2.18. The Hall–Kier alpha value is -4.66. The molecule has 0 unspecified atom stereocenters. The summed E-state index contributed by atoms with van der Waals surface area (Å²) < 4.78 is 17.3. The van der Waals surface area contributed by atoms with Gasteiger partial charge in [0.1, 0.15) is 0 Å². The first-order chi connectivity index (χ1) is 16.2. The van der Waals surface area contributed by atoms with Gasteiger partial charge in [-0.1, -0.05) is 35.5 Å². The lowest BCUT2D eigenvalue weighted by molar-refractivity contribution is 0.174. The second-order valence-electron chi connectivity index (χ2n) is 7.56. The zero-order valence-corrected chi connectivity index (χ0v) is 17.1. The molecule has 33 heavy (non-hydrogen) atoms. The maximum absolute atomic E-state index is 13.0. The van der Waals surface area contributed by atoms with Crippen molar-refractivity contribution < 1.29 is 14.0 Å². The molecule has 3 aromatic carbocycles. The molecule has 3 heterocycles. The van der Waals surface area contributed by atoms with E-state index in [1.54, 1.807) is 30.3 Å². The number of rotatable bonds is 4. The summed E-state index contributed by atoms with van der Waals surface area (Å²) >= 11 is 0. The first-order valence-electron chi connectivity index (χ1n) is 10.2. The highest BCUT2D eigenvalue weighted by molar-refractivity contribution is 5.82. The standard InChI is InChI=1S/C24H16N4O5/c29-23-17-8-6-16(10-18(17)25-24(30)28(23)12-14-4-2-1-3-5-14)22-26-21(27-33-22)15-7-9-19-20(11-15)32-13-31-19/h1-11H,12-13H2,(H,25,30). The predicted molar refractivity (Wildman–Crippen MR) is 119 cm³/mol. The van der Waals surface area contributed by atoms with E-state index in [4.69, 9.17) is 14.0 Å². The molecule has 0 fully saturated rings. The minimum atomic E-state index is -0.486. The third-order valence-electron chi connectivity index (χ3n) is 5.47. The molecule has 0 saturated heterocycles. The molecule has 1 aliphatic heterocycles. The normalized spacial score (nSPS) is 12.4. The van der Waals surface area contributed by atoms with Crippen molar-refractivity contribution in [2.75, 3.05) is 6.79 Å². The van der Waals surface area contributed by atoms with Gasteiger partial charge in [-0.05, 0) is 42.0 Å². The molecule has 162 valence electrons. The summed E-state index contributed by atoms with van der Waals surface area (Å²) in [6.45, 7) is 0.369. The fourth-order valence-corrected chi connectivity index (χ4v) is 3.79. The number of aromatic amines is 1. The van der Waals surface area contributed by atoms with Gasteiger partial charge in [0.25, 0.3) is 11.4 Å². The Morgan fingerprint density at radius 3 is 2.61 bits per heavy atom. The van der Waals surface area contributed by atoms with Gasteiger partial charge in [-0.2, -0.15) is 4.98 Å². The predicted octanol–water partition coefficient (Wildman–Crippen LogP) is 3.18. The van der Waals surface area contributed by atoms with E-state index >= 15 is 0 Å². The van der Waals surface area contributed by atoms with Crippen molar-refractivity contribution in [2.45, 2.75) is 6.54 Å². The van der Waals surface area contributed by atoms with Crippen molar-refractivity contribution in [2.24, 2.45) is 0 Å². The van der Waals surface area contributed by atoms with Crippen molar-refractivity contribution >= 4 is 10.9 Å². The summed E-state index contributed by atoms with van der Waals surface area (Å²) in [6, 6.07) is 19.7. The summed E-state index contributed by atoms with van der Waals surface area (Å²) in [5.41, 5.74) is 1.71. The summed E-state index contributed by atoms with van der Waals surface area (Å²) in [4.78, 5) is 32.8. The van der Waals surface area contributed by atoms with E-state index < -0.39 is 5.69 Å². The maximum Gasteiger partial charge on any atom is 0.329 e. The quantitative estimate of drug-likeness (QED) is 0.457. The SMILES string of the molecule is O=c1[nH]c2cc(-c3nc(-c4ccc5c(c4)OCO5)no3)ccc2c(=O)n1Cc1ccccc1. The fraction of sp³-hybridized carbons (Fsp3) is 0.0833. The van der Waals surface area contributed by atoms with Gasteiger partial charge in [0.05, 0.1) is 17.4 Å². The monoisotopic (exact) mass is 440 g/mol. The largest absolute Gasteiger partial charge is 0.454 e. The van der Waals surface area contributed by atoms with E-state index in [9.17, 15) is 9.59 Å². The average molecular weight is 440 g/mol. The lowest BCUT2D eigenvalue weighted by Gasteiger charge is -2.07. The second kappa shape index (κ2) is 7.49. The van der Waals surface area contributed by atoms with Gasteiger partial charge < -0.3 is 19.0 Å². The highest BCUT2D eigenvalue weighted by atomic mass is 16.7. The average Bonchev–Trinajstić information content (AvgIpc) is 3.51. The summed E-state index contributed by atoms with van der Waals surface area (Å²) in [6.07, 6.45) is 0. The summed E-state index contributed by atoms with van der Waals surface area (Å²) in [7, 11) is 0. The van der Waals surface area contributed by atoms with E-state index in [2.05, 4.69) is 15.1 Å². The molecule has 9 nitrogen and oxygen atoms in total. The van der Waals surface area contributed by atoms with E-state index in [1.165, 1.54) is 4.57 Å². The van der Waals surface area contributed by atoms with E-state index in [-0.39, 0.29) is 24.8 Å². The molecule has 9 heteroatoms. The van der Waals surface area contributed by atoms with Crippen molar-refractivity contribution in [3.63, 3.8) is 0 Å². The lowest BCUT2D eigenvalue weighted by Crippen LogP contribution is -2.35. The Morgan fingerprint density at radius 2 is 1.73 bits per heavy atom. The number of ether oxygens (including phenoxy) is 2. The van der Waals surface area contributed by atoms with Gasteiger partial charge in [0, 0.05) is 11.1 Å². The van der Waals surface area contributed by atoms with E-state index in [0.717, 1.165) is 5.56 Å². The molecule has 2 aromatic heterocycles. The number of fused-ring (bicyclic) bond motifs is 2. The van der Waals surface area contributed by atoms with Crippen molar-refractivity contribution in [3.8, 4) is 34.3 Å². The molecule has 1 N–H and O–H groups in total. The molecule has 6 rings (SSSR count). The number of hydrogen-bond donors (Lipinski definition) is 1. The molecular weight excluding hydrogens is 424 g/mol. The minimum absolute atomic E-state index is 0.179. The molecule has 0 spiro atoms. The Morgan fingerprint density at radius 1 is 0.909 bits per heavy atom. The third-order valence-corrected chi connectivity index (χ3v) is 5.47. The molecule has 0 atom stereocenters. The van der Waals surface area contributed by atoms with Crippen LogP contribution in [0, 0.1) is 0 Å². The van der Waals surface area contributed by atoms with Gasteiger partial charge in [-0.15, -0.1) is 0 Å². The van der Waals surface area contributed by atoms with Gasteiger partial charge in [-0.3, -0.25) is 9.36 Å². The van der Waals surface area contributed by atoms with E-state index in [0.29, 0.717) is 39.4 Å². The minimum Gasteiger partial charge on any atom is -0.454 e. The van der Waals surface area contributed by atoms with Crippen LogP contribution in [0.25, 0.3) is 33.7 Å². The Bertz CT molecular complexity index is 1620. The Labute approximate surface area is 185 Å². The molecule has 5 aromatic rings. The Kier molecular flexibility index (Phi) is 4.32. The zero-order chi connectivity index (χ0) is 22.4. The van der Waals surface area contributed by atoms with Crippen molar-refractivity contribution in [3.05, 3.63) is 93.1 Å². The van der Waals surface area contributed by atoms with Crippen LogP contribution in [-0.4, -0.2) is 26.5 Å². The molecule has 0 radical (unpaired) electrons. The van der Waals surface area contributed by atoms with Gasteiger partial charge in [0.2, 0.25) is 12.6 Å². The topological polar surface area (TPSA) is 112 Å². The van der Waals surface area contributed by atoms with Crippen molar-refractivity contribution in [1.82, 2.24) is 19.7 Å². The third kappa shape index (κ3) is 3.35. The number of nitrogens with zero attached hydrogens (tertiary/aromatic N) is 3. The van der Waals surface area contributed by atoms with Crippen LogP contribution in [0.3, 0.4) is 0 Å². The van der Waals surface area contributed by atoms with Crippen LogP contribution < -0.4 is 20.7 Å². The van der Waals surface area contributed by atoms with Crippen LogP contribution in [0.1, 0.15) is 5.56 Å². The molecular formula is C24H16N4O5. The lowest BCUT2D eigenvalue weighted by atomic mass is 10.1. The van der Waals surface area contributed by atoms with Crippen LogP contribution in [0.15, 0.2) is 80.8 Å². The number of H-pyrrole nitrogens is 1. The fourth-order valence-electron chi connectivity index (χ4n) is 3.79. The first kappa shape index (κ1) is 19.1. The molecule has 0 saturated carbocycles. The molecule has 1 aliphatic rings. The van der Waals surface area contributed by atoms with Crippen molar-refractivity contribution in [1.29, 1.82) is 0 Å². The number of nitrogens with one attached hydrogen (secondary N) is 1. The summed E-state index contributed by atoms with van der Waals surface area (Å²) in [5, 5.41) is 4.44. The van der Waals surface area contributed by atoms with E-state index in [1.807, 2.05) is 36.4 Å². The van der Waals surface area contributed by atoms with Crippen LogP contribution in [0.4, 0.5) is 0 Å². The van der Waals surface area contributed by atoms with Gasteiger partial charge >= 0.3 is 5.69 Å². The number of benzene rings is 3. The first-order valence-corrected chi connectivity index (χ1v) is 10.2. The highest BCUT2D eigenvalue weighted by Crippen LogP contribution is 2.35. The Balaban J connectivity index is 1.36. The second-order valence-corrected chi connectivity index (χ2v) is 7.56. The van der Waals surface area contributed by atoms with Crippen LogP contribution in [0.5, 0.6) is 11.5 Å². The molecule has 0 aliphatic carbocycles. The van der Waals surface area contributed by atoms with Gasteiger partial charge in [0.15, 0.2) is 11.5 Å². The number of hydrogen-bond acceptors (Lipinski definition) is 7. The zero-order valence-electron chi connectivity index (χ0n) is 17.1. The van der Waals surface area contributed by atoms with Gasteiger partial charge in [-0.25, -0.2) is 4.79 Å². The van der Waals surface area contributed by atoms with Crippen LogP contribution in [0.2, 0.25) is 0 Å². The number of aromatic nitrogens is 4. The summed E-state index contributed by atoms with van der Waals surface area (Å²) in [5.74, 6) is 1.93. The van der Waals surface area contributed by atoms with Crippen LogP contribution in [-0.2, 0) is 6.54 Å². The smallest absolute Gasteiger partial charge is 0.329 e. The molecule has 0 amide bonds.